The zero-order chi connectivity index (χ0) is 16.8. The van der Waals surface area contributed by atoms with Crippen molar-refractivity contribution >= 4 is 29.3 Å². The van der Waals surface area contributed by atoms with Crippen LogP contribution in [0.15, 0.2) is 36.4 Å². The SMILES string of the molecule is Cc1cc(C)c(C(=O)NCCSCc2ccc(Cl)cc2)cc1C. The van der Waals surface area contributed by atoms with Gasteiger partial charge in [0.05, 0.1) is 0 Å². The smallest absolute Gasteiger partial charge is 0.251 e. The number of thioether (sulfide) groups is 1. The number of carbonyl (C=O) groups is 1. The van der Waals surface area contributed by atoms with Crippen molar-refractivity contribution in [2.75, 3.05) is 12.3 Å². The van der Waals surface area contributed by atoms with Crippen molar-refractivity contribution in [3.63, 3.8) is 0 Å². The molecule has 2 nitrogen and oxygen atoms in total. The number of amides is 1. The van der Waals surface area contributed by atoms with Gasteiger partial charge < -0.3 is 5.32 Å². The third kappa shape index (κ3) is 5.29. The number of carbonyl (C=O) groups excluding carboxylic acids is 1. The lowest BCUT2D eigenvalue weighted by atomic mass is 10.0. The quantitative estimate of drug-likeness (QED) is 0.751. The molecule has 0 saturated carbocycles. The van der Waals surface area contributed by atoms with E-state index in [1.54, 1.807) is 11.8 Å². The van der Waals surface area contributed by atoms with E-state index < -0.39 is 0 Å². The predicted molar refractivity (Wildman–Crippen MR) is 101 cm³/mol. The van der Waals surface area contributed by atoms with Gasteiger partial charge >= 0.3 is 0 Å². The molecule has 0 spiro atoms. The Morgan fingerprint density at radius 2 is 1.70 bits per heavy atom. The zero-order valence-corrected chi connectivity index (χ0v) is 15.4. The standard InChI is InChI=1S/C19H22ClNOS/c1-13-10-15(3)18(11-14(13)2)19(22)21-8-9-23-12-16-4-6-17(20)7-5-16/h4-7,10-11H,8-9,12H2,1-3H3,(H,21,22). The second-order valence-corrected chi connectivity index (χ2v) is 7.23. The fourth-order valence-corrected chi connectivity index (χ4v) is 3.25. The summed E-state index contributed by atoms with van der Waals surface area (Å²) in [6.07, 6.45) is 0. The van der Waals surface area contributed by atoms with E-state index in [1.807, 2.05) is 44.2 Å². The molecule has 1 N–H and O–H groups in total. The third-order valence-corrected chi connectivity index (χ3v) is 5.08. The Labute approximate surface area is 147 Å². The Morgan fingerprint density at radius 1 is 1.04 bits per heavy atom. The van der Waals surface area contributed by atoms with Gasteiger partial charge in [-0.05, 0) is 61.2 Å². The molecule has 2 aromatic carbocycles. The summed E-state index contributed by atoms with van der Waals surface area (Å²) in [5.74, 6) is 1.83. The molecule has 0 aliphatic rings. The van der Waals surface area contributed by atoms with Crippen LogP contribution in [0.4, 0.5) is 0 Å². The Kier molecular flexibility index (Phi) is 6.55. The molecule has 0 saturated heterocycles. The second kappa shape index (κ2) is 8.42. The molecule has 0 bridgehead atoms. The van der Waals surface area contributed by atoms with E-state index in [1.165, 1.54) is 11.1 Å². The van der Waals surface area contributed by atoms with Gasteiger partial charge in [-0.3, -0.25) is 4.79 Å². The molecular weight excluding hydrogens is 326 g/mol. The molecule has 2 aromatic rings. The van der Waals surface area contributed by atoms with Crippen LogP contribution in [0.3, 0.4) is 0 Å². The lowest BCUT2D eigenvalue weighted by Gasteiger charge is -2.10. The van der Waals surface area contributed by atoms with Gasteiger partial charge in [-0.25, -0.2) is 0 Å². The summed E-state index contributed by atoms with van der Waals surface area (Å²) in [5, 5.41) is 3.76. The second-order valence-electron chi connectivity index (χ2n) is 5.69. The first-order valence-electron chi connectivity index (χ1n) is 7.65. The van der Waals surface area contributed by atoms with Crippen LogP contribution in [0.5, 0.6) is 0 Å². The van der Waals surface area contributed by atoms with Crippen molar-refractivity contribution in [1.82, 2.24) is 5.32 Å². The van der Waals surface area contributed by atoms with Gasteiger partial charge in [0.15, 0.2) is 0 Å². The lowest BCUT2D eigenvalue weighted by molar-refractivity contribution is 0.0955. The summed E-state index contributed by atoms with van der Waals surface area (Å²) >= 11 is 7.67. The highest BCUT2D eigenvalue weighted by molar-refractivity contribution is 7.98. The fourth-order valence-electron chi connectivity index (χ4n) is 2.31. The average Bonchev–Trinajstić information content (AvgIpc) is 2.52. The lowest BCUT2D eigenvalue weighted by Crippen LogP contribution is -2.26. The highest BCUT2D eigenvalue weighted by atomic mass is 35.5. The number of hydrogen-bond acceptors (Lipinski definition) is 2. The molecule has 0 atom stereocenters. The molecule has 122 valence electrons. The highest BCUT2D eigenvalue weighted by Gasteiger charge is 2.09. The van der Waals surface area contributed by atoms with E-state index >= 15 is 0 Å². The maximum absolute atomic E-state index is 12.3. The topological polar surface area (TPSA) is 29.1 Å². The number of hydrogen-bond donors (Lipinski definition) is 1. The Morgan fingerprint density at radius 3 is 2.39 bits per heavy atom. The van der Waals surface area contributed by atoms with Crippen LogP contribution in [-0.2, 0) is 5.75 Å². The van der Waals surface area contributed by atoms with Crippen LogP contribution in [0.1, 0.15) is 32.6 Å². The Hall–Kier alpha value is -1.45. The summed E-state index contributed by atoms with van der Waals surface area (Å²) in [4.78, 5) is 12.3. The van der Waals surface area contributed by atoms with Crippen LogP contribution in [-0.4, -0.2) is 18.2 Å². The minimum atomic E-state index is 0.0118. The van der Waals surface area contributed by atoms with Crippen molar-refractivity contribution in [2.24, 2.45) is 0 Å². The molecule has 1 amide bonds. The first-order valence-corrected chi connectivity index (χ1v) is 9.19. The van der Waals surface area contributed by atoms with Gasteiger partial charge in [-0.1, -0.05) is 29.8 Å². The van der Waals surface area contributed by atoms with Crippen LogP contribution >= 0.6 is 23.4 Å². The Balaban J connectivity index is 1.77. The largest absolute Gasteiger partial charge is 0.351 e. The van der Waals surface area contributed by atoms with Crippen LogP contribution in [0.2, 0.25) is 5.02 Å². The molecule has 2 rings (SSSR count). The molecule has 0 aliphatic heterocycles. The van der Waals surface area contributed by atoms with E-state index in [-0.39, 0.29) is 5.91 Å². The van der Waals surface area contributed by atoms with Gasteiger partial charge in [0.2, 0.25) is 0 Å². The van der Waals surface area contributed by atoms with Crippen LogP contribution < -0.4 is 5.32 Å². The number of aryl methyl sites for hydroxylation is 3. The monoisotopic (exact) mass is 347 g/mol. The molecule has 0 unspecified atom stereocenters. The van der Waals surface area contributed by atoms with Crippen LogP contribution in [0.25, 0.3) is 0 Å². The van der Waals surface area contributed by atoms with Crippen LogP contribution in [0, 0.1) is 20.8 Å². The first kappa shape index (κ1) is 17.9. The van der Waals surface area contributed by atoms with E-state index in [2.05, 4.69) is 18.3 Å². The van der Waals surface area contributed by atoms with Crippen molar-refractivity contribution in [2.45, 2.75) is 26.5 Å². The van der Waals surface area contributed by atoms with Gasteiger partial charge in [-0.15, -0.1) is 0 Å². The van der Waals surface area contributed by atoms with Gasteiger partial charge in [0.25, 0.3) is 5.91 Å². The maximum atomic E-state index is 12.3. The molecule has 4 heteroatoms. The summed E-state index contributed by atoms with van der Waals surface area (Å²) in [6, 6.07) is 11.9. The minimum Gasteiger partial charge on any atom is -0.351 e. The first-order chi connectivity index (χ1) is 11.0. The van der Waals surface area contributed by atoms with E-state index in [0.717, 1.165) is 33.2 Å². The molecule has 0 heterocycles. The molecule has 0 radical (unpaired) electrons. The van der Waals surface area contributed by atoms with Crippen molar-refractivity contribution < 1.29 is 4.79 Å². The third-order valence-electron chi connectivity index (χ3n) is 3.80. The summed E-state index contributed by atoms with van der Waals surface area (Å²) in [5.41, 5.74) is 5.42. The van der Waals surface area contributed by atoms with Crippen molar-refractivity contribution in [1.29, 1.82) is 0 Å². The summed E-state index contributed by atoms with van der Waals surface area (Å²) < 4.78 is 0. The number of halogens is 1. The Bertz CT molecular complexity index is 683. The minimum absolute atomic E-state index is 0.0118. The number of benzene rings is 2. The predicted octanol–water partition coefficient (Wildman–Crippen LogP) is 4.93. The van der Waals surface area contributed by atoms with E-state index in [4.69, 9.17) is 11.6 Å². The highest BCUT2D eigenvalue weighted by Crippen LogP contribution is 2.16. The number of rotatable bonds is 6. The van der Waals surface area contributed by atoms with E-state index in [0.29, 0.717) is 6.54 Å². The number of nitrogens with one attached hydrogen (secondary N) is 1. The van der Waals surface area contributed by atoms with Crippen molar-refractivity contribution in [3.05, 3.63) is 69.2 Å². The van der Waals surface area contributed by atoms with Gasteiger partial charge in [0, 0.05) is 28.6 Å². The summed E-state index contributed by atoms with van der Waals surface area (Å²) in [7, 11) is 0. The zero-order valence-electron chi connectivity index (χ0n) is 13.8. The van der Waals surface area contributed by atoms with Gasteiger partial charge in [0.1, 0.15) is 0 Å². The molecule has 0 aromatic heterocycles. The molecule has 0 aliphatic carbocycles. The van der Waals surface area contributed by atoms with E-state index in [9.17, 15) is 4.79 Å². The fraction of sp³-hybridized carbons (Fsp3) is 0.316. The molecule has 0 fully saturated rings. The van der Waals surface area contributed by atoms with Gasteiger partial charge in [-0.2, -0.15) is 11.8 Å². The normalized spacial score (nSPS) is 10.6. The van der Waals surface area contributed by atoms with Crippen molar-refractivity contribution in [3.8, 4) is 0 Å². The molecular formula is C19H22ClNOS. The molecule has 23 heavy (non-hydrogen) atoms. The summed E-state index contributed by atoms with van der Waals surface area (Å²) in [6.45, 7) is 6.75. The maximum Gasteiger partial charge on any atom is 0.251 e. The average molecular weight is 348 g/mol.